The molecule has 0 saturated heterocycles. The van der Waals surface area contributed by atoms with Gasteiger partial charge < -0.3 is 10.4 Å². The quantitative estimate of drug-likeness (QED) is 0.757. The maximum absolute atomic E-state index is 12.6. The Bertz CT molecular complexity index is 558. The molecule has 23 heavy (non-hydrogen) atoms. The summed E-state index contributed by atoms with van der Waals surface area (Å²) in [7, 11) is 0. The van der Waals surface area contributed by atoms with Crippen molar-refractivity contribution in [3.05, 3.63) is 47.5 Å². The SMILES string of the molecule is CC(C)=CC1C(C(=O)NCC(CCO)c2ccccc2)C1(C)C. The number of aliphatic hydroxyl groups is 1. The Morgan fingerprint density at radius 2 is 1.96 bits per heavy atom. The number of nitrogens with one attached hydrogen (secondary N) is 1. The number of allylic oxidation sites excluding steroid dienone is 2. The third kappa shape index (κ3) is 4.23. The van der Waals surface area contributed by atoms with Crippen molar-refractivity contribution in [2.45, 2.75) is 40.0 Å². The predicted octanol–water partition coefficient (Wildman–Crippen LogP) is 3.51. The molecule has 1 amide bonds. The summed E-state index contributed by atoms with van der Waals surface area (Å²) >= 11 is 0. The van der Waals surface area contributed by atoms with Crippen LogP contribution >= 0.6 is 0 Å². The van der Waals surface area contributed by atoms with Crippen LogP contribution in [0, 0.1) is 17.3 Å². The fourth-order valence-corrected chi connectivity index (χ4v) is 3.45. The van der Waals surface area contributed by atoms with Gasteiger partial charge in [-0.2, -0.15) is 0 Å². The molecule has 0 aromatic heterocycles. The summed E-state index contributed by atoms with van der Waals surface area (Å²) in [5.74, 6) is 0.689. The lowest BCUT2D eigenvalue weighted by Crippen LogP contribution is -2.31. The minimum atomic E-state index is 0.0422. The molecule has 3 nitrogen and oxygen atoms in total. The Morgan fingerprint density at radius 1 is 1.30 bits per heavy atom. The first-order valence-corrected chi connectivity index (χ1v) is 8.46. The van der Waals surface area contributed by atoms with E-state index >= 15 is 0 Å². The summed E-state index contributed by atoms with van der Waals surface area (Å²) in [5.41, 5.74) is 2.47. The second-order valence-electron chi connectivity index (χ2n) is 7.43. The first-order chi connectivity index (χ1) is 10.9. The Hall–Kier alpha value is -1.61. The van der Waals surface area contributed by atoms with E-state index in [0.29, 0.717) is 18.9 Å². The maximum atomic E-state index is 12.6. The molecule has 1 aromatic rings. The minimum absolute atomic E-state index is 0.0422. The summed E-state index contributed by atoms with van der Waals surface area (Å²) in [6.45, 7) is 9.18. The molecule has 2 rings (SSSR count). The molecular formula is C20H29NO2. The van der Waals surface area contributed by atoms with Gasteiger partial charge in [0.1, 0.15) is 0 Å². The Morgan fingerprint density at radius 3 is 2.52 bits per heavy atom. The van der Waals surface area contributed by atoms with Gasteiger partial charge in [-0.05, 0) is 37.2 Å². The van der Waals surface area contributed by atoms with Crippen LogP contribution < -0.4 is 5.32 Å². The summed E-state index contributed by atoms with van der Waals surface area (Å²) < 4.78 is 0. The first kappa shape index (κ1) is 17.7. The average molecular weight is 315 g/mol. The topological polar surface area (TPSA) is 49.3 Å². The van der Waals surface area contributed by atoms with E-state index < -0.39 is 0 Å². The van der Waals surface area contributed by atoms with E-state index in [4.69, 9.17) is 0 Å². The number of rotatable bonds is 7. The number of hydrogen-bond acceptors (Lipinski definition) is 2. The van der Waals surface area contributed by atoms with Gasteiger partial charge in [-0.3, -0.25) is 4.79 Å². The van der Waals surface area contributed by atoms with Crippen LogP contribution in [0.5, 0.6) is 0 Å². The van der Waals surface area contributed by atoms with Crippen molar-refractivity contribution < 1.29 is 9.90 Å². The van der Waals surface area contributed by atoms with Gasteiger partial charge in [0.2, 0.25) is 5.91 Å². The zero-order chi connectivity index (χ0) is 17.0. The highest BCUT2D eigenvalue weighted by Crippen LogP contribution is 2.59. The van der Waals surface area contributed by atoms with E-state index in [9.17, 15) is 9.90 Å². The normalized spacial score (nSPS) is 23.0. The number of benzene rings is 1. The fraction of sp³-hybridized carbons (Fsp3) is 0.550. The molecule has 0 heterocycles. The number of aliphatic hydroxyl groups excluding tert-OH is 1. The van der Waals surface area contributed by atoms with Crippen molar-refractivity contribution >= 4 is 5.91 Å². The summed E-state index contributed by atoms with van der Waals surface area (Å²) in [6, 6.07) is 10.1. The van der Waals surface area contributed by atoms with Crippen LogP contribution in [0.4, 0.5) is 0 Å². The predicted molar refractivity (Wildman–Crippen MR) is 94.1 cm³/mol. The second-order valence-corrected chi connectivity index (χ2v) is 7.43. The van der Waals surface area contributed by atoms with Crippen molar-refractivity contribution in [3.8, 4) is 0 Å². The molecule has 1 aliphatic rings. The number of carbonyl (C=O) groups is 1. The lowest BCUT2D eigenvalue weighted by Gasteiger charge is -2.17. The zero-order valence-electron chi connectivity index (χ0n) is 14.7. The highest BCUT2D eigenvalue weighted by molar-refractivity contribution is 5.83. The highest BCUT2D eigenvalue weighted by Gasteiger charge is 2.60. The number of hydrogen-bond donors (Lipinski definition) is 2. The fourth-order valence-electron chi connectivity index (χ4n) is 3.45. The van der Waals surface area contributed by atoms with E-state index in [-0.39, 0.29) is 29.8 Å². The highest BCUT2D eigenvalue weighted by atomic mass is 16.3. The molecule has 1 aromatic carbocycles. The van der Waals surface area contributed by atoms with E-state index in [1.165, 1.54) is 5.57 Å². The van der Waals surface area contributed by atoms with E-state index in [0.717, 1.165) is 5.56 Å². The van der Waals surface area contributed by atoms with Gasteiger partial charge in [-0.15, -0.1) is 0 Å². The lowest BCUT2D eigenvalue weighted by molar-refractivity contribution is -0.123. The molecular weight excluding hydrogens is 286 g/mol. The molecule has 126 valence electrons. The molecule has 0 bridgehead atoms. The molecule has 1 aliphatic carbocycles. The Balaban J connectivity index is 1.96. The van der Waals surface area contributed by atoms with Gasteiger partial charge in [-0.1, -0.05) is 55.8 Å². The zero-order valence-corrected chi connectivity index (χ0v) is 14.7. The summed E-state index contributed by atoms with van der Waals surface area (Å²) in [5, 5.41) is 12.4. The van der Waals surface area contributed by atoms with E-state index in [1.54, 1.807) is 0 Å². The average Bonchev–Trinajstić information content (AvgIpc) is 3.04. The number of carbonyl (C=O) groups excluding carboxylic acids is 1. The van der Waals surface area contributed by atoms with Crippen LogP contribution in [-0.2, 0) is 4.79 Å². The lowest BCUT2D eigenvalue weighted by atomic mass is 9.96. The van der Waals surface area contributed by atoms with Crippen LogP contribution in [0.2, 0.25) is 0 Å². The molecule has 0 spiro atoms. The monoisotopic (exact) mass is 315 g/mol. The van der Waals surface area contributed by atoms with Crippen molar-refractivity contribution in [3.63, 3.8) is 0 Å². The second kappa shape index (κ2) is 7.31. The van der Waals surface area contributed by atoms with Gasteiger partial charge in [0.05, 0.1) is 5.92 Å². The summed E-state index contributed by atoms with van der Waals surface area (Å²) in [4.78, 5) is 12.6. The molecule has 3 unspecified atom stereocenters. The molecule has 3 atom stereocenters. The third-order valence-electron chi connectivity index (χ3n) is 4.98. The first-order valence-electron chi connectivity index (χ1n) is 8.46. The third-order valence-corrected chi connectivity index (χ3v) is 4.98. The van der Waals surface area contributed by atoms with Gasteiger partial charge in [0.15, 0.2) is 0 Å². The van der Waals surface area contributed by atoms with E-state index in [2.05, 4.69) is 51.2 Å². The molecule has 0 radical (unpaired) electrons. The van der Waals surface area contributed by atoms with Gasteiger partial charge >= 0.3 is 0 Å². The van der Waals surface area contributed by atoms with Crippen LogP contribution in [0.1, 0.15) is 45.6 Å². The van der Waals surface area contributed by atoms with Crippen molar-refractivity contribution in [1.82, 2.24) is 5.32 Å². The van der Waals surface area contributed by atoms with Crippen molar-refractivity contribution in [2.24, 2.45) is 17.3 Å². The number of amides is 1. The smallest absolute Gasteiger partial charge is 0.224 e. The van der Waals surface area contributed by atoms with Crippen LogP contribution in [0.25, 0.3) is 0 Å². The van der Waals surface area contributed by atoms with Gasteiger partial charge in [-0.25, -0.2) is 0 Å². The van der Waals surface area contributed by atoms with E-state index in [1.807, 2.05) is 18.2 Å². The molecule has 0 aliphatic heterocycles. The molecule has 3 heteroatoms. The molecule has 1 fully saturated rings. The largest absolute Gasteiger partial charge is 0.396 e. The summed E-state index contributed by atoms with van der Waals surface area (Å²) in [6.07, 6.45) is 2.88. The van der Waals surface area contributed by atoms with Crippen LogP contribution in [0.3, 0.4) is 0 Å². The Kier molecular flexibility index (Phi) is 5.64. The molecule has 2 N–H and O–H groups in total. The van der Waals surface area contributed by atoms with Crippen LogP contribution in [-0.4, -0.2) is 24.2 Å². The van der Waals surface area contributed by atoms with Crippen molar-refractivity contribution in [2.75, 3.05) is 13.2 Å². The maximum Gasteiger partial charge on any atom is 0.224 e. The minimum Gasteiger partial charge on any atom is -0.396 e. The van der Waals surface area contributed by atoms with Crippen molar-refractivity contribution in [1.29, 1.82) is 0 Å². The molecule has 1 saturated carbocycles. The standard InChI is InChI=1S/C20H29NO2/c1-14(2)12-17-18(20(17,3)4)19(23)21-13-16(10-11-22)15-8-6-5-7-9-15/h5-9,12,16-18,22H,10-11,13H2,1-4H3,(H,21,23). The van der Waals surface area contributed by atoms with Gasteiger partial charge in [0, 0.05) is 19.1 Å². The van der Waals surface area contributed by atoms with Crippen LogP contribution in [0.15, 0.2) is 42.0 Å². The van der Waals surface area contributed by atoms with Gasteiger partial charge in [0.25, 0.3) is 0 Å². The Labute approximate surface area is 139 Å².